The van der Waals surface area contributed by atoms with E-state index in [0.29, 0.717) is 16.7 Å². The van der Waals surface area contributed by atoms with Crippen molar-refractivity contribution in [2.24, 2.45) is 0 Å². The van der Waals surface area contributed by atoms with Gasteiger partial charge >= 0.3 is 6.18 Å². The lowest BCUT2D eigenvalue weighted by molar-refractivity contribution is -0.143. The van der Waals surface area contributed by atoms with Crippen LogP contribution >= 0.6 is 0 Å². The minimum atomic E-state index is -5.67. The minimum Gasteiger partial charge on any atom is -0.317 e. The van der Waals surface area contributed by atoms with E-state index in [1.54, 1.807) is 41.7 Å². The molecule has 0 atom stereocenters. The summed E-state index contributed by atoms with van der Waals surface area (Å²) in [6, 6.07) is 11.6. The third-order valence-electron chi connectivity index (χ3n) is 4.65. The van der Waals surface area contributed by atoms with Gasteiger partial charge < -0.3 is 5.32 Å². The SMILES string of the molecule is Cc1ccc(-c2cccc(C)c2C(=O)Nc2c(F)c(F)c(C(F)(F)F)c(F)c2F)cc1. The third-order valence-corrected chi connectivity index (χ3v) is 4.65. The predicted octanol–water partition coefficient (Wildman–Crippen LogP) is 6.80. The van der Waals surface area contributed by atoms with Crippen molar-refractivity contribution in [2.75, 3.05) is 5.32 Å². The summed E-state index contributed by atoms with van der Waals surface area (Å²) in [5, 5.41) is 1.68. The van der Waals surface area contributed by atoms with Crippen molar-refractivity contribution in [2.45, 2.75) is 20.0 Å². The molecule has 0 aromatic heterocycles. The summed E-state index contributed by atoms with van der Waals surface area (Å²) in [6.45, 7) is 3.36. The molecular formula is C22H14F7NO. The van der Waals surface area contributed by atoms with Gasteiger partial charge in [-0.05, 0) is 30.5 Å². The van der Waals surface area contributed by atoms with Crippen LogP contribution in [0.1, 0.15) is 27.0 Å². The molecule has 2 nitrogen and oxygen atoms in total. The maximum atomic E-state index is 14.2. The molecule has 1 amide bonds. The Labute approximate surface area is 172 Å². The second kappa shape index (κ2) is 8.05. The topological polar surface area (TPSA) is 29.1 Å². The van der Waals surface area contributed by atoms with Gasteiger partial charge in [0.05, 0.1) is 5.56 Å². The van der Waals surface area contributed by atoms with Crippen molar-refractivity contribution in [3.8, 4) is 11.1 Å². The van der Waals surface area contributed by atoms with Gasteiger partial charge in [-0.25, -0.2) is 17.6 Å². The van der Waals surface area contributed by atoms with E-state index in [9.17, 15) is 35.5 Å². The van der Waals surface area contributed by atoms with Crippen LogP contribution in [0.25, 0.3) is 11.1 Å². The van der Waals surface area contributed by atoms with Crippen LogP contribution in [-0.4, -0.2) is 5.91 Å². The third kappa shape index (κ3) is 4.12. The molecule has 0 radical (unpaired) electrons. The van der Waals surface area contributed by atoms with Crippen LogP contribution in [0.3, 0.4) is 0 Å². The molecule has 0 heterocycles. The standard InChI is InChI=1S/C22H14F7NO/c1-10-6-8-12(9-7-10)13-5-3-4-11(2)14(13)21(31)30-20-18(25)16(23)15(22(27,28)29)17(24)19(20)26/h3-9H,1-2H3,(H,30,31). The highest BCUT2D eigenvalue weighted by Gasteiger charge is 2.42. The van der Waals surface area contributed by atoms with Crippen LogP contribution in [0.4, 0.5) is 36.4 Å². The Bertz CT molecular complexity index is 1140. The average molecular weight is 441 g/mol. The van der Waals surface area contributed by atoms with E-state index in [2.05, 4.69) is 0 Å². The molecule has 3 aromatic carbocycles. The molecule has 0 unspecified atom stereocenters. The van der Waals surface area contributed by atoms with E-state index in [4.69, 9.17) is 0 Å². The van der Waals surface area contributed by atoms with Gasteiger partial charge in [0, 0.05) is 0 Å². The maximum Gasteiger partial charge on any atom is 0.422 e. The van der Waals surface area contributed by atoms with E-state index in [1.165, 1.54) is 13.0 Å². The van der Waals surface area contributed by atoms with Crippen molar-refractivity contribution in [1.29, 1.82) is 0 Å². The lowest BCUT2D eigenvalue weighted by atomic mass is 9.94. The Morgan fingerprint density at radius 2 is 1.35 bits per heavy atom. The largest absolute Gasteiger partial charge is 0.422 e. The number of alkyl halides is 3. The Balaban J connectivity index is 2.11. The number of carbonyl (C=O) groups is 1. The first-order valence-electron chi connectivity index (χ1n) is 8.84. The van der Waals surface area contributed by atoms with Gasteiger partial charge in [0.1, 0.15) is 11.3 Å². The van der Waals surface area contributed by atoms with Gasteiger partial charge in [-0.2, -0.15) is 13.2 Å². The number of aryl methyl sites for hydroxylation is 2. The zero-order valence-electron chi connectivity index (χ0n) is 16.1. The van der Waals surface area contributed by atoms with E-state index >= 15 is 0 Å². The lowest BCUT2D eigenvalue weighted by Gasteiger charge is -2.16. The zero-order valence-corrected chi connectivity index (χ0v) is 16.1. The minimum absolute atomic E-state index is 0.0640. The second-order valence-electron chi connectivity index (χ2n) is 6.82. The molecule has 31 heavy (non-hydrogen) atoms. The normalized spacial score (nSPS) is 11.5. The molecule has 0 spiro atoms. The molecule has 0 saturated heterocycles. The first-order chi connectivity index (χ1) is 14.4. The monoisotopic (exact) mass is 441 g/mol. The van der Waals surface area contributed by atoms with Gasteiger partial charge in [-0.3, -0.25) is 4.79 Å². The van der Waals surface area contributed by atoms with E-state index in [0.717, 1.165) is 5.56 Å². The van der Waals surface area contributed by atoms with Crippen molar-refractivity contribution in [1.82, 2.24) is 0 Å². The summed E-state index contributed by atoms with van der Waals surface area (Å²) in [5.41, 5.74) is -2.20. The summed E-state index contributed by atoms with van der Waals surface area (Å²) in [7, 11) is 0. The van der Waals surface area contributed by atoms with Crippen LogP contribution in [0.15, 0.2) is 42.5 Å². The molecule has 0 bridgehead atoms. The summed E-state index contributed by atoms with van der Waals surface area (Å²) < 4.78 is 94.3. The smallest absolute Gasteiger partial charge is 0.317 e. The van der Waals surface area contributed by atoms with E-state index < -0.39 is 46.6 Å². The van der Waals surface area contributed by atoms with Gasteiger partial charge in [0.2, 0.25) is 0 Å². The first-order valence-corrected chi connectivity index (χ1v) is 8.84. The predicted molar refractivity (Wildman–Crippen MR) is 101 cm³/mol. The summed E-state index contributed by atoms with van der Waals surface area (Å²) in [6.07, 6.45) is -5.67. The van der Waals surface area contributed by atoms with Crippen molar-refractivity contribution in [3.63, 3.8) is 0 Å². The molecule has 0 aliphatic rings. The molecular weight excluding hydrogens is 427 g/mol. The maximum absolute atomic E-state index is 14.2. The van der Waals surface area contributed by atoms with Crippen LogP contribution < -0.4 is 5.32 Å². The quantitative estimate of drug-likeness (QED) is 0.352. The molecule has 0 fully saturated rings. The molecule has 3 rings (SSSR count). The molecule has 0 saturated carbocycles. The zero-order chi connectivity index (χ0) is 23.1. The molecule has 9 heteroatoms. The van der Waals surface area contributed by atoms with Crippen LogP contribution in [-0.2, 0) is 6.18 Å². The Hall–Kier alpha value is -3.36. The fourth-order valence-electron chi connectivity index (χ4n) is 3.11. The summed E-state index contributed by atoms with van der Waals surface area (Å²) >= 11 is 0. The molecule has 162 valence electrons. The van der Waals surface area contributed by atoms with Crippen molar-refractivity contribution >= 4 is 11.6 Å². The van der Waals surface area contributed by atoms with E-state index in [1.807, 2.05) is 6.92 Å². The highest BCUT2D eigenvalue weighted by molar-refractivity contribution is 6.10. The Kier molecular flexibility index (Phi) is 5.80. The number of benzene rings is 3. The Morgan fingerprint density at radius 3 is 1.87 bits per heavy atom. The summed E-state index contributed by atoms with van der Waals surface area (Å²) in [4.78, 5) is 12.8. The fourth-order valence-corrected chi connectivity index (χ4v) is 3.11. The average Bonchev–Trinajstić information content (AvgIpc) is 2.69. The number of anilines is 1. The van der Waals surface area contributed by atoms with Gasteiger partial charge in [-0.1, -0.05) is 48.0 Å². The number of amides is 1. The van der Waals surface area contributed by atoms with Crippen LogP contribution in [0.2, 0.25) is 0 Å². The molecule has 0 aliphatic heterocycles. The fraction of sp³-hybridized carbons (Fsp3) is 0.136. The van der Waals surface area contributed by atoms with Crippen LogP contribution in [0.5, 0.6) is 0 Å². The molecule has 3 aromatic rings. The number of rotatable bonds is 3. The number of carbonyl (C=O) groups excluding carboxylic acids is 1. The summed E-state index contributed by atoms with van der Waals surface area (Å²) in [5.74, 6) is -11.2. The highest BCUT2D eigenvalue weighted by Crippen LogP contribution is 2.39. The number of nitrogens with one attached hydrogen (secondary N) is 1. The van der Waals surface area contributed by atoms with Crippen LogP contribution in [0, 0.1) is 37.1 Å². The van der Waals surface area contributed by atoms with Crippen molar-refractivity contribution in [3.05, 3.63) is 88.0 Å². The van der Waals surface area contributed by atoms with Gasteiger partial charge in [0.15, 0.2) is 23.3 Å². The number of hydrogen-bond donors (Lipinski definition) is 1. The number of hydrogen-bond acceptors (Lipinski definition) is 1. The number of halogens is 7. The first kappa shape index (κ1) is 22.3. The van der Waals surface area contributed by atoms with Crippen molar-refractivity contribution < 1.29 is 35.5 Å². The van der Waals surface area contributed by atoms with E-state index in [-0.39, 0.29) is 5.56 Å². The lowest BCUT2D eigenvalue weighted by Crippen LogP contribution is -2.21. The molecule has 1 N–H and O–H groups in total. The molecule has 0 aliphatic carbocycles. The Morgan fingerprint density at radius 1 is 0.806 bits per heavy atom. The highest BCUT2D eigenvalue weighted by atomic mass is 19.4. The van der Waals surface area contributed by atoms with Gasteiger partial charge in [0.25, 0.3) is 5.91 Å². The second-order valence-corrected chi connectivity index (χ2v) is 6.82. The van der Waals surface area contributed by atoms with Gasteiger partial charge in [-0.15, -0.1) is 0 Å².